The van der Waals surface area contributed by atoms with Gasteiger partial charge in [0.15, 0.2) is 0 Å². The van der Waals surface area contributed by atoms with Crippen molar-refractivity contribution in [2.75, 3.05) is 19.6 Å². The molecule has 1 aromatic rings. The van der Waals surface area contributed by atoms with Crippen LogP contribution in [0.2, 0.25) is 0 Å². The highest BCUT2D eigenvalue weighted by Crippen LogP contribution is 2.13. The van der Waals surface area contributed by atoms with Crippen LogP contribution in [0.3, 0.4) is 0 Å². The number of nitrogens with zero attached hydrogens (tertiary/aromatic N) is 1. The molecule has 0 aliphatic rings. The standard InChI is InChI=1S/C18H34N2O/c1-14(2)8-19-9-17-7-18(21-13-17)12-20(10-15(3)4)11-16(5)6/h7,13-16,19H,8-12H2,1-6H3. The molecule has 0 radical (unpaired) electrons. The minimum absolute atomic E-state index is 0.684. The fraction of sp³-hybridized carbons (Fsp3) is 0.778. The molecule has 0 aromatic carbocycles. The fourth-order valence-electron chi connectivity index (χ4n) is 2.56. The molecule has 0 unspecified atom stereocenters. The van der Waals surface area contributed by atoms with Crippen molar-refractivity contribution in [1.82, 2.24) is 10.2 Å². The maximum atomic E-state index is 5.73. The Morgan fingerprint density at radius 3 is 2.14 bits per heavy atom. The molecule has 0 spiro atoms. The number of hydrogen-bond donors (Lipinski definition) is 1. The van der Waals surface area contributed by atoms with Gasteiger partial charge in [0, 0.05) is 25.2 Å². The topological polar surface area (TPSA) is 28.4 Å². The second-order valence-electron chi connectivity index (χ2n) is 7.43. The van der Waals surface area contributed by atoms with E-state index in [-0.39, 0.29) is 0 Å². The number of nitrogens with one attached hydrogen (secondary N) is 1. The normalized spacial score (nSPS) is 12.3. The van der Waals surface area contributed by atoms with Gasteiger partial charge in [0.2, 0.25) is 0 Å². The van der Waals surface area contributed by atoms with Crippen LogP contribution in [-0.4, -0.2) is 24.5 Å². The van der Waals surface area contributed by atoms with E-state index in [1.807, 2.05) is 6.26 Å². The van der Waals surface area contributed by atoms with Gasteiger partial charge in [-0.1, -0.05) is 41.5 Å². The van der Waals surface area contributed by atoms with Gasteiger partial charge in [0.25, 0.3) is 0 Å². The summed E-state index contributed by atoms with van der Waals surface area (Å²) in [5, 5.41) is 3.46. The molecule has 1 N–H and O–H groups in total. The molecule has 0 fully saturated rings. The number of furan rings is 1. The van der Waals surface area contributed by atoms with Crippen molar-refractivity contribution in [1.29, 1.82) is 0 Å². The first-order chi connectivity index (χ1) is 9.86. The Bertz CT molecular complexity index is 372. The van der Waals surface area contributed by atoms with Crippen LogP contribution in [0.4, 0.5) is 0 Å². The predicted molar refractivity (Wildman–Crippen MR) is 90.2 cm³/mol. The molecular weight excluding hydrogens is 260 g/mol. The largest absolute Gasteiger partial charge is 0.468 e. The zero-order valence-electron chi connectivity index (χ0n) is 14.8. The first-order valence-corrected chi connectivity index (χ1v) is 8.36. The van der Waals surface area contributed by atoms with Gasteiger partial charge in [-0.3, -0.25) is 4.90 Å². The first-order valence-electron chi connectivity index (χ1n) is 8.36. The molecule has 0 saturated carbocycles. The van der Waals surface area contributed by atoms with Gasteiger partial charge in [0.1, 0.15) is 5.76 Å². The van der Waals surface area contributed by atoms with Gasteiger partial charge in [-0.25, -0.2) is 0 Å². The van der Waals surface area contributed by atoms with Gasteiger partial charge in [-0.15, -0.1) is 0 Å². The molecule has 1 rings (SSSR count). The summed E-state index contributed by atoms with van der Waals surface area (Å²) < 4.78 is 5.73. The Balaban J connectivity index is 2.49. The number of rotatable bonds is 10. The minimum Gasteiger partial charge on any atom is -0.468 e. The van der Waals surface area contributed by atoms with Crippen LogP contribution in [0.5, 0.6) is 0 Å². The lowest BCUT2D eigenvalue weighted by Gasteiger charge is -2.25. The van der Waals surface area contributed by atoms with Gasteiger partial charge in [-0.05, 0) is 30.4 Å². The lowest BCUT2D eigenvalue weighted by molar-refractivity contribution is 0.197. The van der Waals surface area contributed by atoms with Gasteiger partial charge < -0.3 is 9.73 Å². The van der Waals surface area contributed by atoms with E-state index < -0.39 is 0 Å². The molecule has 0 saturated heterocycles. The molecule has 0 aliphatic heterocycles. The Morgan fingerprint density at radius 2 is 1.62 bits per heavy atom. The monoisotopic (exact) mass is 294 g/mol. The van der Waals surface area contributed by atoms with E-state index in [9.17, 15) is 0 Å². The van der Waals surface area contributed by atoms with Gasteiger partial charge in [0.05, 0.1) is 12.8 Å². The van der Waals surface area contributed by atoms with Crippen LogP contribution in [-0.2, 0) is 13.1 Å². The van der Waals surface area contributed by atoms with E-state index in [0.29, 0.717) is 17.8 Å². The van der Waals surface area contributed by atoms with E-state index in [4.69, 9.17) is 4.42 Å². The molecule has 0 amide bonds. The summed E-state index contributed by atoms with van der Waals surface area (Å²) in [7, 11) is 0. The van der Waals surface area contributed by atoms with Gasteiger partial charge in [-0.2, -0.15) is 0 Å². The molecular formula is C18H34N2O. The highest BCUT2D eigenvalue weighted by atomic mass is 16.3. The molecule has 122 valence electrons. The Kier molecular flexibility index (Phi) is 8.05. The minimum atomic E-state index is 0.684. The lowest BCUT2D eigenvalue weighted by atomic mass is 10.1. The quantitative estimate of drug-likeness (QED) is 0.703. The SMILES string of the molecule is CC(C)CNCc1coc(CN(CC(C)C)CC(C)C)c1. The van der Waals surface area contributed by atoms with Crippen LogP contribution in [0.25, 0.3) is 0 Å². The van der Waals surface area contributed by atoms with Crippen LogP contribution in [0.1, 0.15) is 52.9 Å². The Morgan fingerprint density at radius 1 is 1.00 bits per heavy atom. The number of hydrogen-bond acceptors (Lipinski definition) is 3. The third kappa shape index (κ3) is 8.27. The van der Waals surface area contributed by atoms with Crippen LogP contribution in [0.15, 0.2) is 16.7 Å². The molecule has 0 bridgehead atoms. The molecule has 3 nitrogen and oxygen atoms in total. The van der Waals surface area contributed by atoms with Gasteiger partial charge >= 0.3 is 0 Å². The third-order valence-electron chi connectivity index (χ3n) is 3.22. The van der Waals surface area contributed by atoms with E-state index in [0.717, 1.165) is 38.5 Å². The van der Waals surface area contributed by atoms with E-state index >= 15 is 0 Å². The zero-order chi connectivity index (χ0) is 15.8. The van der Waals surface area contributed by atoms with Crippen molar-refractivity contribution >= 4 is 0 Å². The molecule has 0 atom stereocenters. The highest BCUT2D eigenvalue weighted by molar-refractivity contribution is 5.12. The smallest absolute Gasteiger partial charge is 0.118 e. The second kappa shape index (κ2) is 9.26. The molecule has 1 heterocycles. The summed E-state index contributed by atoms with van der Waals surface area (Å²) in [4.78, 5) is 2.50. The summed E-state index contributed by atoms with van der Waals surface area (Å²) in [6.45, 7) is 18.7. The predicted octanol–water partition coefficient (Wildman–Crippen LogP) is 4.14. The van der Waals surface area contributed by atoms with E-state index in [1.165, 1.54) is 5.56 Å². The van der Waals surface area contributed by atoms with Crippen molar-refractivity contribution in [2.45, 2.75) is 54.6 Å². The average Bonchev–Trinajstić information content (AvgIpc) is 2.74. The Hall–Kier alpha value is -0.800. The van der Waals surface area contributed by atoms with Crippen molar-refractivity contribution < 1.29 is 4.42 Å². The third-order valence-corrected chi connectivity index (χ3v) is 3.22. The second-order valence-corrected chi connectivity index (χ2v) is 7.43. The van der Waals surface area contributed by atoms with E-state index in [1.54, 1.807) is 0 Å². The maximum Gasteiger partial charge on any atom is 0.118 e. The molecule has 0 aliphatic carbocycles. The van der Waals surface area contributed by atoms with Crippen molar-refractivity contribution in [3.63, 3.8) is 0 Å². The fourth-order valence-corrected chi connectivity index (χ4v) is 2.56. The summed E-state index contributed by atoms with van der Waals surface area (Å²) in [6.07, 6.45) is 1.89. The lowest BCUT2D eigenvalue weighted by Crippen LogP contribution is -2.30. The summed E-state index contributed by atoms with van der Waals surface area (Å²) >= 11 is 0. The van der Waals surface area contributed by atoms with Crippen molar-refractivity contribution in [3.05, 3.63) is 23.7 Å². The Labute approximate surface area is 131 Å². The summed E-state index contributed by atoms with van der Waals surface area (Å²) in [6, 6.07) is 2.20. The zero-order valence-corrected chi connectivity index (χ0v) is 14.8. The van der Waals surface area contributed by atoms with Crippen molar-refractivity contribution in [3.8, 4) is 0 Å². The van der Waals surface area contributed by atoms with Crippen LogP contribution >= 0.6 is 0 Å². The van der Waals surface area contributed by atoms with E-state index in [2.05, 4.69) is 57.8 Å². The summed E-state index contributed by atoms with van der Waals surface area (Å²) in [5.74, 6) is 3.14. The van der Waals surface area contributed by atoms with Crippen LogP contribution in [0, 0.1) is 17.8 Å². The molecule has 1 aromatic heterocycles. The maximum absolute atomic E-state index is 5.73. The average molecular weight is 294 g/mol. The molecule has 3 heteroatoms. The molecule has 21 heavy (non-hydrogen) atoms. The highest BCUT2D eigenvalue weighted by Gasteiger charge is 2.12. The first kappa shape index (κ1) is 18.2. The van der Waals surface area contributed by atoms with Crippen molar-refractivity contribution in [2.24, 2.45) is 17.8 Å². The summed E-state index contributed by atoms with van der Waals surface area (Å²) in [5.41, 5.74) is 1.25. The van der Waals surface area contributed by atoms with Crippen LogP contribution < -0.4 is 5.32 Å².